The van der Waals surface area contributed by atoms with Gasteiger partial charge in [0.1, 0.15) is 0 Å². The van der Waals surface area contributed by atoms with E-state index in [2.05, 4.69) is 5.32 Å². The summed E-state index contributed by atoms with van der Waals surface area (Å²) >= 11 is 5.89. The van der Waals surface area contributed by atoms with E-state index in [1.807, 2.05) is 12.1 Å². The second kappa shape index (κ2) is 7.68. The lowest BCUT2D eigenvalue weighted by molar-refractivity contribution is -0.141. The molecule has 1 amide bonds. The maximum Gasteiger partial charge on any atom is 0.345 e. The summed E-state index contributed by atoms with van der Waals surface area (Å²) in [6.07, 6.45) is 1.04. The molecule has 1 unspecified atom stereocenters. The highest BCUT2D eigenvalue weighted by atomic mass is 35.5. The number of para-hydroxylation sites is 1. The van der Waals surface area contributed by atoms with Crippen molar-refractivity contribution in [2.45, 2.75) is 28.5 Å². The van der Waals surface area contributed by atoms with Crippen LogP contribution in [0.3, 0.4) is 0 Å². The molecule has 4 rings (SSSR count). The lowest BCUT2D eigenvalue weighted by Crippen LogP contribution is -2.54. The molecule has 0 aliphatic carbocycles. The van der Waals surface area contributed by atoms with Gasteiger partial charge in [0, 0.05) is 10.7 Å². The van der Waals surface area contributed by atoms with Crippen LogP contribution in [0.4, 0.5) is 5.69 Å². The molecule has 2 aromatic rings. The van der Waals surface area contributed by atoms with Gasteiger partial charge in [0.25, 0.3) is 0 Å². The molecule has 7 nitrogen and oxygen atoms in total. The number of hydrogen-bond acceptors (Lipinski definition) is 6. The van der Waals surface area contributed by atoms with Crippen molar-refractivity contribution in [1.29, 1.82) is 0 Å². The first-order valence-corrected chi connectivity index (χ1v) is 11.5. The van der Waals surface area contributed by atoms with Crippen molar-refractivity contribution < 1.29 is 22.7 Å². The summed E-state index contributed by atoms with van der Waals surface area (Å²) < 4.78 is 31.9. The van der Waals surface area contributed by atoms with Crippen LogP contribution in [0, 0.1) is 0 Å². The van der Waals surface area contributed by atoms with Crippen molar-refractivity contribution in [3.05, 3.63) is 59.1 Å². The van der Waals surface area contributed by atoms with Crippen LogP contribution in [0.15, 0.2) is 53.4 Å². The third kappa shape index (κ3) is 3.10. The normalized spacial score (nSPS) is 18.9. The van der Waals surface area contributed by atoms with Crippen LogP contribution in [0.5, 0.6) is 0 Å². The molecule has 1 fully saturated rings. The van der Waals surface area contributed by atoms with E-state index in [0.29, 0.717) is 36.6 Å². The molecule has 9 heteroatoms. The second-order valence-corrected chi connectivity index (χ2v) is 9.84. The van der Waals surface area contributed by atoms with Gasteiger partial charge in [0.2, 0.25) is 21.1 Å². The highest BCUT2D eigenvalue weighted by Gasteiger charge is 2.56. The minimum Gasteiger partial charge on any atom is -0.467 e. The van der Waals surface area contributed by atoms with Crippen molar-refractivity contribution in [3.8, 4) is 0 Å². The molecule has 30 heavy (non-hydrogen) atoms. The fourth-order valence-electron chi connectivity index (χ4n) is 4.34. The highest BCUT2D eigenvalue weighted by Crippen LogP contribution is 2.48. The molecule has 158 valence electrons. The van der Waals surface area contributed by atoms with E-state index in [4.69, 9.17) is 16.3 Å². The number of piperidine rings is 1. The Morgan fingerprint density at radius 1 is 1.13 bits per heavy atom. The van der Waals surface area contributed by atoms with Gasteiger partial charge in [-0.3, -0.25) is 9.69 Å². The van der Waals surface area contributed by atoms with E-state index in [9.17, 15) is 18.0 Å². The fraction of sp³-hybridized carbons (Fsp3) is 0.333. The van der Waals surface area contributed by atoms with Crippen molar-refractivity contribution >= 4 is 39.0 Å². The molecule has 1 N–H and O–H groups in total. The minimum absolute atomic E-state index is 0.112. The smallest absolute Gasteiger partial charge is 0.345 e. The Balaban J connectivity index is 1.89. The number of esters is 1. The number of fused-ring (bicyclic) bond motifs is 2. The average molecular weight is 449 g/mol. The molecular formula is C21H21ClN2O5S. The van der Waals surface area contributed by atoms with Crippen LogP contribution < -0.4 is 10.2 Å². The van der Waals surface area contributed by atoms with Crippen molar-refractivity contribution in [2.75, 3.05) is 25.1 Å². The topological polar surface area (TPSA) is 92.8 Å². The molecule has 0 saturated carbocycles. The predicted octanol–water partition coefficient (Wildman–Crippen LogP) is 2.28. The van der Waals surface area contributed by atoms with E-state index in [0.717, 1.165) is 17.6 Å². The average Bonchev–Trinajstić information content (AvgIpc) is 2.97. The lowest BCUT2D eigenvalue weighted by atomic mass is 9.74. The fourth-order valence-corrected chi connectivity index (χ4v) is 6.07. The Bertz CT molecular complexity index is 1090. The second-order valence-electron chi connectivity index (χ2n) is 7.40. The first-order valence-electron chi connectivity index (χ1n) is 9.54. The Hall–Kier alpha value is -2.42. The number of benzene rings is 2. The van der Waals surface area contributed by atoms with Gasteiger partial charge >= 0.3 is 5.97 Å². The zero-order chi connectivity index (χ0) is 21.5. The minimum atomic E-state index is -4.29. The highest BCUT2D eigenvalue weighted by molar-refractivity contribution is 7.93. The maximum absolute atomic E-state index is 13.7. The number of nitrogens with one attached hydrogen (secondary N) is 1. The number of ether oxygens (including phenoxy) is 1. The first kappa shape index (κ1) is 20.8. The summed E-state index contributed by atoms with van der Waals surface area (Å²) in [4.78, 5) is 27.5. The predicted molar refractivity (Wildman–Crippen MR) is 112 cm³/mol. The van der Waals surface area contributed by atoms with Crippen molar-refractivity contribution in [3.63, 3.8) is 0 Å². The summed E-state index contributed by atoms with van der Waals surface area (Å²) in [6.45, 7) is 1.25. The molecule has 1 saturated heterocycles. The van der Waals surface area contributed by atoms with E-state index < -0.39 is 32.5 Å². The zero-order valence-corrected chi connectivity index (χ0v) is 17.9. The lowest BCUT2D eigenvalue weighted by Gasteiger charge is -2.34. The molecule has 2 aliphatic heterocycles. The van der Waals surface area contributed by atoms with Crippen molar-refractivity contribution in [2.24, 2.45) is 0 Å². The van der Waals surface area contributed by atoms with Gasteiger partial charge in [0.05, 0.1) is 17.4 Å². The Morgan fingerprint density at radius 2 is 1.77 bits per heavy atom. The van der Waals surface area contributed by atoms with Crippen LogP contribution in [0.1, 0.15) is 18.4 Å². The number of nitrogens with zero attached hydrogens (tertiary/aromatic N) is 1. The number of amides is 1. The molecule has 0 bridgehead atoms. The molecule has 1 atom stereocenters. The van der Waals surface area contributed by atoms with Gasteiger partial charge in [-0.05, 0) is 61.8 Å². The van der Waals surface area contributed by atoms with Gasteiger partial charge in [-0.1, -0.05) is 29.8 Å². The third-order valence-corrected chi connectivity index (χ3v) is 8.01. The summed E-state index contributed by atoms with van der Waals surface area (Å²) in [6, 6.07) is 12.6. The van der Waals surface area contributed by atoms with Crippen LogP contribution >= 0.6 is 11.6 Å². The quantitative estimate of drug-likeness (QED) is 0.721. The monoisotopic (exact) mass is 448 g/mol. The number of carbonyl (C=O) groups excluding carboxylic acids is 2. The van der Waals surface area contributed by atoms with Gasteiger partial charge < -0.3 is 10.1 Å². The Kier molecular flexibility index (Phi) is 5.34. The largest absolute Gasteiger partial charge is 0.467 e. The number of hydrogen-bond donors (Lipinski definition) is 1. The summed E-state index contributed by atoms with van der Waals surface area (Å²) in [5.41, 5.74) is 0.318. The van der Waals surface area contributed by atoms with E-state index >= 15 is 0 Å². The Morgan fingerprint density at radius 3 is 2.40 bits per heavy atom. The number of rotatable bonds is 4. The summed E-state index contributed by atoms with van der Waals surface area (Å²) in [5.74, 6) is -1.41. The van der Waals surface area contributed by atoms with Crippen LogP contribution in [-0.2, 0) is 29.6 Å². The van der Waals surface area contributed by atoms with Gasteiger partial charge in [0.15, 0.2) is 0 Å². The maximum atomic E-state index is 13.7. The standard InChI is InChI=1S/C21H21ClN2O5S/c1-29-19(25)18(30(27,28)15-8-6-14(22)7-9-15)24-17-5-3-2-4-16(17)21(20(24)26)10-12-23-13-11-21/h2-9,18,23H,10-13H2,1H3. The number of carbonyl (C=O) groups is 2. The summed E-state index contributed by atoms with van der Waals surface area (Å²) in [7, 11) is -3.18. The number of anilines is 1. The number of methoxy groups -OCH3 is 1. The van der Waals surface area contributed by atoms with Gasteiger partial charge in [-0.25, -0.2) is 13.2 Å². The van der Waals surface area contributed by atoms with Gasteiger partial charge in [-0.2, -0.15) is 0 Å². The Labute approximate surface area is 179 Å². The summed E-state index contributed by atoms with van der Waals surface area (Å²) in [5, 5.41) is 1.77. The number of sulfone groups is 1. The van der Waals surface area contributed by atoms with Crippen LogP contribution in [-0.4, -0.2) is 45.9 Å². The number of halogens is 1. The first-order chi connectivity index (χ1) is 14.3. The molecule has 0 radical (unpaired) electrons. The zero-order valence-electron chi connectivity index (χ0n) is 16.3. The molecule has 2 aliphatic rings. The molecule has 2 heterocycles. The molecule has 1 spiro atoms. The van der Waals surface area contributed by atoms with Gasteiger partial charge in [-0.15, -0.1) is 0 Å². The molecule has 0 aromatic heterocycles. The van der Waals surface area contributed by atoms with Crippen molar-refractivity contribution in [1.82, 2.24) is 5.32 Å². The van der Waals surface area contributed by atoms with Crippen LogP contribution in [0.25, 0.3) is 0 Å². The van der Waals surface area contributed by atoms with Crippen LogP contribution in [0.2, 0.25) is 5.02 Å². The molecular weight excluding hydrogens is 428 g/mol. The SMILES string of the molecule is COC(=O)C(N1C(=O)C2(CCNCC2)c2ccccc21)S(=O)(=O)c1ccc(Cl)cc1. The van der Waals surface area contributed by atoms with E-state index in [1.165, 1.54) is 24.3 Å². The molecule has 2 aromatic carbocycles. The van der Waals surface area contributed by atoms with E-state index in [-0.39, 0.29) is 4.90 Å². The third-order valence-electron chi connectivity index (χ3n) is 5.84. The van der Waals surface area contributed by atoms with E-state index in [1.54, 1.807) is 12.1 Å².